The Bertz CT molecular complexity index is 929. The van der Waals surface area contributed by atoms with Crippen LogP contribution in [0.1, 0.15) is 11.1 Å². The summed E-state index contributed by atoms with van der Waals surface area (Å²) in [7, 11) is 1.55. The molecule has 1 aliphatic rings. The fraction of sp³-hybridized carbons (Fsp3) is 0.111. The minimum Gasteiger partial charge on any atom is -0.493 e. The molecule has 134 valence electrons. The largest absolute Gasteiger partial charge is 0.493 e. The quantitative estimate of drug-likeness (QED) is 0.736. The van der Waals surface area contributed by atoms with E-state index >= 15 is 0 Å². The molecule has 5 nitrogen and oxygen atoms in total. The van der Waals surface area contributed by atoms with E-state index in [0.717, 1.165) is 17.3 Å². The van der Waals surface area contributed by atoms with Crippen molar-refractivity contribution >= 4 is 52.1 Å². The van der Waals surface area contributed by atoms with Gasteiger partial charge in [-0.1, -0.05) is 41.4 Å². The summed E-state index contributed by atoms with van der Waals surface area (Å²) in [6.45, 7) is 0.257. The first-order chi connectivity index (χ1) is 12.5. The van der Waals surface area contributed by atoms with Gasteiger partial charge in [0.05, 0.1) is 22.1 Å². The summed E-state index contributed by atoms with van der Waals surface area (Å²) in [5.74, 6) is 0.682. The SMILES string of the molecule is COc1cccc(/C=C2\SC(N)=NC2=O)c1OCc1ccc(Cl)c(Cl)c1. The van der Waals surface area contributed by atoms with Crippen LogP contribution in [-0.4, -0.2) is 18.2 Å². The van der Waals surface area contributed by atoms with Gasteiger partial charge >= 0.3 is 0 Å². The van der Waals surface area contributed by atoms with Crippen LogP contribution in [0, 0.1) is 0 Å². The second kappa shape index (κ2) is 8.03. The van der Waals surface area contributed by atoms with E-state index in [1.54, 1.807) is 31.4 Å². The molecule has 0 unspecified atom stereocenters. The van der Waals surface area contributed by atoms with Crippen molar-refractivity contribution in [1.82, 2.24) is 0 Å². The van der Waals surface area contributed by atoms with E-state index in [4.69, 9.17) is 38.4 Å². The van der Waals surface area contributed by atoms with Crippen LogP contribution in [0.25, 0.3) is 6.08 Å². The van der Waals surface area contributed by atoms with E-state index in [1.807, 2.05) is 18.2 Å². The predicted molar refractivity (Wildman–Crippen MR) is 106 cm³/mol. The number of carbonyl (C=O) groups is 1. The number of nitrogens with two attached hydrogens (primary N) is 1. The first kappa shape index (κ1) is 18.6. The predicted octanol–water partition coefficient (Wildman–Crippen LogP) is 4.51. The molecule has 0 atom stereocenters. The second-order valence-corrected chi connectivity index (χ2v) is 7.16. The number of carbonyl (C=O) groups excluding carboxylic acids is 1. The molecule has 2 aromatic carbocycles. The number of hydrogen-bond donors (Lipinski definition) is 1. The van der Waals surface area contributed by atoms with Crippen LogP contribution in [0.15, 0.2) is 46.3 Å². The summed E-state index contributed by atoms with van der Waals surface area (Å²) < 4.78 is 11.3. The standard InChI is InChI=1S/C18H14Cl2N2O3S/c1-24-14-4-2-3-11(8-15-17(23)22-18(21)26-15)16(14)25-9-10-5-6-12(19)13(20)7-10/h2-8H,9H2,1H3,(H2,21,22,23)/b15-8-. The zero-order chi connectivity index (χ0) is 18.7. The highest BCUT2D eigenvalue weighted by Crippen LogP contribution is 2.36. The fourth-order valence-electron chi connectivity index (χ4n) is 2.31. The Balaban J connectivity index is 1.89. The van der Waals surface area contributed by atoms with Crippen LogP contribution in [0.3, 0.4) is 0 Å². The Hall–Kier alpha value is -2.15. The van der Waals surface area contributed by atoms with Crippen molar-refractivity contribution < 1.29 is 14.3 Å². The lowest BCUT2D eigenvalue weighted by molar-refractivity contribution is -0.113. The Morgan fingerprint density at radius 3 is 2.69 bits per heavy atom. The number of nitrogens with zero attached hydrogens (tertiary/aromatic N) is 1. The van der Waals surface area contributed by atoms with Crippen LogP contribution < -0.4 is 15.2 Å². The summed E-state index contributed by atoms with van der Waals surface area (Å²) >= 11 is 13.1. The van der Waals surface area contributed by atoms with Crippen molar-refractivity contribution in [3.63, 3.8) is 0 Å². The van der Waals surface area contributed by atoms with E-state index in [0.29, 0.717) is 32.0 Å². The molecule has 2 N–H and O–H groups in total. The van der Waals surface area contributed by atoms with Gasteiger partial charge in [0, 0.05) is 5.56 Å². The third-order valence-electron chi connectivity index (χ3n) is 3.52. The number of para-hydroxylation sites is 1. The summed E-state index contributed by atoms with van der Waals surface area (Å²) in [6.07, 6.45) is 1.68. The van der Waals surface area contributed by atoms with Gasteiger partial charge in [-0.2, -0.15) is 4.99 Å². The number of thioether (sulfide) groups is 1. The van der Waals surface area contributed by atoms with Crippen molar-refractivity contribution in [2.24, 2.45) is 10.7 Å². The Morgan fingerprint density at radius 1 is 1.23 bits per heavy atom. The highest BCUT2D eigenvalue weighted by molar-refractivity contribution is 8.18. The zero-order valence-electron chi connectivity index (χ0n) is 13.7. The molecule has 1 amide bonds. The molecule has 8 heteroatoms. The number of amidine groups is 1. The number of methoxy groups -OCH3 is 1. The molecule has 0 bridgehead atoms. The number of rotatable bonds is 5. The van der Waals surface area contributed by atoms with Crippen LogP contribution >= 0.6 is 35.0 Å². The van der Waals surface area contributed by atoms with Gasteiger partial charge < -0.3 is 15.2 Å². The van der Waals surface area contributed by atoms with Gasteiger partial charge in [-0.05, 0) is 41.6 Å². The summed E-state index contributed by atoms with van der Waals surface area (Å²) in [6, 6.07) is 10.7. The van der Waals surface area contributed by atoms with Crippen molar-refractivity contribution in [1.29, 1.82) is 0 Å². The average Bonchev–Trinajstić information content (AvgIpc) is 2.93. The molecular weight excluding hydrogens is 395 g/mol. The van der Waals surface area contributed by atoms with Crippen molar-refractivity contribution in [2.45, 2.75) is 6.61 Å². The Kier molecular flexibility index (Phi) is 5.76. The first-order valence-corrected chi connectivity index (χ1v) is 9.07. The molecule has 0 saturated heterocycles. The summed E-state index contributed by atoms with van der Waals surface area (Å²) in [5, 5.41) is 1.16. The van der Waals surface area contributed by atoms with E-state index in [-0.39, 0.29) is 17.7 Å². The van der Waals surface area contributed by atoms with Gasteiger partial charge in [0.2, 0.25) is 0 Å². The topological polar surface area (TPSA) is 73.9 Å². The maximum Gasteiger partial charge on any atom is 0.286 e. The number of aliphatic imine (C=N–C) groups is 1. The van der Waals surface area contributed by atoms with Crippen molar-refractivity contribution in [3.05, 3.63) is 62.5 Å². The van der Waals surface area contributed by atoms with Gasteiger partial charge in [-0.15, -0.1) is 0 Å². The van der Waals surface area contributed by atoms with Gasteiger partial charge in [0.25, 0.3) is 5.91 Å². The molecule has 0 aromatic heterocycles. The first-order valence-electron chi connectivity index (χ1n) is 7.49. The smallest absolute Gasteiger partial charge is 0.286 e. The lowest BCUT2D eigenvalue weighted by atomic mass is 10.1. The lowest BCUT2D eigenvalue weighted by Crippen LogP contribution is -2.01. The number of benzene rings is 2. The van der Waals surface area contributed by atoms with Crippen LogP contribution in [0.4, 0.5) is 0 Å². The highest BCUT2D eigenvalue weighted by Gasteiger charge is 2.21. The van der Waals surface area contributed by atoms with Crippen molar-refractivity contribution in [2.75, 3.05) is 7.11 Å². The van der Waals surface area contributed by atoms with Crippen LogP contribution in [0.5, 0.6) is 11.5 Å². The van der Waals surface area contributed by atoms with E-state index in [2.05, 4.69) is 4.99 Å². The molecular formula is C18H14Cl2N2O3S. The number of ether oxygens (including phenoxy) is 2. The second-order valence-electron chi connectivity index (χ2n) is 5.28. The molecule has 0 saturated carbocycles. The van der Waals surface area contributed by atoms with Crippen LogP contribution in [0.2, 0.25) is 10.0 Å². The molecule has 0 aliphatic carbocycles. The molecule has 26 heavy (non-hydrogen) atoms. The van der Waals surface area contributed by atoms with Crippen molar-refractivity contribution in [3.8, 4) is 11.5 Å². The van der Waals surface area contributed by atoms with Gasteiger partial charge in [0.1, 0.15) is 6.61 Å². The summed E-state index contributed by atoms with van der Waals surface area (Å²) in [5.41, 5.74) is 7.13. The number of hydrogen-bond acceptors (Lipinski definition) is 5. The van der Waals surface area contributed by atoms with Gasteiger partial charge in [-0.25, -0.2) is 0 Å². The minimum absolute atomic E-state index is 0.224. The lowest BCUT2D eigenvalue weighted by Gasteiger charge is -2.14. The minimum atomic E-state index is -0.370. The number of halogens is 2. The molecule has 2 aromatic rings. The fourth-order valence-corrected chi connectivity index (χ4v) is 3.31. The van der Waals surface area contributed by atoms with Crippen LogP contribution in [-0.2, 0) is 11.4 Å². The van der Waals surface area contributed by atoms with E-state index in [9.17, 15) is 4.79 Å². The number of amides is 1. The molecule has 0 fully saturated rings. The maximum atomic E-state index is 11.8. The van der Waals surface area contributed by atoms with Gasteiger partial charge in [0.15, 0.2) is 16.7 Å². The molecule has 1 heterocycles. The molecule has 0 spiro atoms. The highest BCUT2D eigenvalue weighted by atomic mass is 35.5. The Morgan fingerprint density at radius 2 is 2.04 bits per heavy atom. The third kappa shape index (κ3) is 4.15. The zero-order valence-corrected chi connectivity index (χ0v) is 16.0. The normalized spacial score (nSPS) is 15.3. The summed E-state index contributed by atoms with van der Waals surface area (Å²) in [4.78, 5) is 16.0. The average molecular weight is 409 g/mol. The molecule has 1 aliphatic heterocycles. The maximum absolute atomic E-state index is 11.8. The molecule has 3 rings (SSSR count). The monoisotopic (exact) mass is 408 g/mol. The Labute approximate surface area is 164 Å². The third-order valence-corrected chi connectivity index (χ3v) is 5.07. The van der Waals surface area contributed by atoms with E-state index < -0.39 is 0 Å². The van der Waals surface area contributed by atoms with E-state index in [1.165, 1.54) is 0 Å². The molecule has 0 radical (unpaired) electrons. The van der Waals surface area contributed by atoms with Gasteiger partial charge in [-0.3, -0.25) is 4.79 Å².